The van der Waals surface area contributed by atoms with Gasteiger partial charge in [-0.3, -0.25) is 9.69 Å². The average molecular weight is 368 g/mol. The molecule has 1 N–H and O–H groups in total. The summed E-state index contributed by atoms with van der Waals surface area (Å²) < 4.78 is 4.71. The van der Waals surface area contributed by atoms with Gasteiger partial charge < -0.3 is 9.84 Å². The van der Waals surface area contributed by atoms with Gasteiger partial charge in [0.05, 0.1) is 23.3 Å². The van der Waals surface area contributed by atoms with Crippen LogP contribution in [0.1, 0.15) is 15.9 Å². The van der Waals surface area contributed by atoms with Crippen molar-refractivity contribution >= 4 is 40.6 Å². The summed E-state index contributed by atoms with van der Waals surface area (Å²) >= 11 is 1.25. The third-order valence-electron chi connectivity index (χ3n) is 3.69. The molecule has 0 saturated carbocycles. The third-order valence-corrected chi connectivity index (χ3v) is 4.75. The normalized spacial score (nSPS) is 17.2. The highest BCUT2D eigenvalue weighted by Crippen LogP contribution is 2.33. The number of rotatable bonds is 3. The molecule has 132 valence electrons. The summed E-state index contributed by atoms with van der Waals surface area (Å²) in [6, 6.07) is 13.3. The maximum atomic E-state index is 12.4. The van der Waals surface area contributed by atoms with Crippen LogP contribution in [0.4, 0.5) is 5.69 Å². The molecule has 1 aliphatic rings. The van der Waals surface area contributed by atoms with Crippen molar-refractivity contribution in [3.8, 4) is 5.75 Å². The number of hydrogen-bond acceptors (Lipinski definition) is 6. The second-order valence-corrected chi connectivity index (χ2v) is 6.51. The third kappa shape index (κ3) is 3.78. The largest absolute Gasteiger partial charge is 0.508 e. The smallest absolute Gasteiger partial charge is 0.337 e. The highest BCUT2D eigenvalue weighted by molar-refractivity contribution is 8.18. The van der Waals surface area contributed by atoms with Gasteiger partial charge in [-0.15, -0.1) is 0 Å². The van der Waals surface area contributed by atoms with E-state index < -0.39 is 5.97 Å². The van der Waals surface area contributed by atoms with Crippen LogP contribution in [0.25, 0.3) is 6.08 Å². The maximum Gasteiger partial charge on any atom is 0.337 e. The molecule has 0 aromatic heterocycles. The topological polar surface area (TPSA) is 79.2 Å². The molecule has 6 nitrogen and oxygen atoms in total. The van der Waals surface area contributed by atoms with Crippen LogP contribution >= 0.6 is 11.8 Å². The van der Waals surface area contributed by atoms with Crippen molar-refractivity contribution in [1.82, 2.24) is 4.90 Å². The van der Waals surface area contributed by atoms with Crippen molar-refractivity contribution < 1.29 is 19.4 Å². The Morgan fingerprint density at radius 1 is 1.23 bits per heavy atom. The van der Waals surface area contributed by atoms with Crippen molar-refractivity contribution in [2.75, 3.05) is 14.2 Å². The first kappa shape index (κ1) is 17.8. The molecule has 0 unspecified atom stereocenters. The molecule has 1 fully saturated rings. The molecule has 0 radical (unpaired) electrons. The fourth-order valence-corrected chi connectivity index (χ4v) is 3.29. The molecule has 1 heterocycles. The summed E-state index contributed by atoms with van der Waals surface area (Å²) in [6.45, 7) is 0. The number of aliphatic imine (C=N–C) groups is 1. The molecule has 1 aliphatic heterocycles. The van der Waals surface area contributed by atoms with Gasteiger partial charge in [0.2, 0.25) is 0 Å². The number of ether oxygens (including phenoxy) is 1. The Kier molecular flexibility index (Phi) is 5.09. The van der Waals surface area contributed by atoms with Crippen LogP contribution in [0, 0.1) is 0 Å². The number of phenolic OH excluding ortho intramolecular Hbond substituents is 1. The van der Waals surface area contributed by atoms with Crippen molar-refractivity contribution in [3.63, 3.8) is 0 Å². The van der Waals surface area contributed by atoms with Gasteiger partial charge in [0.1, 0.15) is 5.75 Å². The number of amidine groups is 1. The van der Waals surface area contributed by atoms with Gasteiger partial charge in [-0.25, -0.2) is 9.79 Å². The molecule has 0 aliphatic carbocycles. The number of aromatic hydroxyl groups is 1. The minimum atomic E-state index is -0.441. The van der Waals surface area contributed by atoms with E-state index >= 15 is 0 Å². The standard InChI is InChI=1S/C19H16N2O4S/c1-21-17(23)16(10-12-6-8-15(22)9-7-12)26-19(21)20-14-5-3-4-13(11-14)18(24)25-2/h3-11,22H,1-2H3. The minimum Gasteiger partial charge on any atom is -0.508 e. The Hall–Kier alpha value is -3.06. The first-order valence-electron chi connectivity index (χ1n) is 7.71. The fraction of sp³-hybridized carbons (Fsp3) is 0.105. The molecular formula is C19H16N2O4S. The second-order valence-electron chi connectivity index (χ2n) is 5.50. The molecule has 26 heavy (non-hydrogen) atoms. The SMILES string of the molecule is COC(=O)c1cccc(N=C2SC(=Cc3ccc(O)cc3)C(=O)N2C)c1. The molecule has 3 rings (SSSR count). The van der Waals surface area contributed by atoms with Crippen LogP contribution in [0.5, 0.6) is 5.75 Å². The van der Waals surface area contributed by atoms with E-state index in [-0.39, 0.29) is 11.7 Å². The number of thioether (sulfide) groups is 1. The lowest BCUT2D eigenvalue weighted by atomic mass is 10.2. The van der Waals surface area contributed by atoms with Gasteiger partial charge in [-0.2, -0.15) is 0 Å². The maximum absolute atomic E-state index is 12.4. The molecule has 7 heteroatoms. The van der Waals surface area contributed by atoms with Gasteiger partial charge in [-0.05, 0) is 53.7 Å². The van der Waals surface area contributed by atoms with E-state index in [1.165, 1.54) is 23.8 Å². The number of carbonyl (C=O) groups is 2. The predicted octanol–water partition coefficient (Wildman–Crippen LogP) is 3.41. The Balaban J connectivity index is 1.88. The zero-order valence-electron chi connectivity index (χ0n) is 14.2. The summed E-state index contributed by atoms with van der Waals surface area (Å²) in [7, 11) is 2.97. The molecule has 2 aromatic rings. The van der Waals surface area contributed by atoms with Gasteiger partial charge in [0.15, 0.2) is 5.17 Å². The first-order valence-corrected chi connectivity index (χ1v) is 8.53. The lowest BCUT2D eigenvalue weighted by Crippen LogP contribution is -2.23. The van der Waals surface area contributed by atoms with E-state index in [4.69, 9.17) is 4.74 Å². The van der Waals surface area contributed by atoms with Crippen molar-refractivity contribution in [3.05, 3.63) is 64.6 Å². The minimum absolute atomic E-state index is 0.161. The van der Waals surface area contributed by atoms with E-state index in [2.05, 4.69) is 4.99 Å². The summed E-state index contributed by atoms with van der Waals surface area (Å²) in [5, 5.41) is 9.86. The van der Waals surface area contributed by atoms with Crippen LogP contribution in [0.15, 0.2) is 58.4 Å². The number of methoxy groups -OCH3 is 1. The number of phenols is 1. The van der Waals surface area contributed by atoms with Crippen LogP contribution in [0.2, 0.25) is 0 Å². The zero-order valence-corrected chi connectivity index (χ0v) is 15.0. The number of esters is 1. The lowest BCUT2D eigenvalue weighted by Gasteiger charge is -2.07. The fourth-order valence-electron chi connectivity index (χ4n) is 2.30. The Morgan fingerprint density at radius 3 is 2.65 bits per heavy atom. The van der Waals surface area contributed by atoms with Crippen LogP contribution < -0.4 is 0 Å². The molecule has 0 spiro atoms. The Labute approximate surface area is 154 Å². The van der Waals surface area contributed by atoms with E-state index in [0.29, 0.717) is 21.3 Å². The highest BCUT2D eigenvalue weighted by Gasteiger charge is 2.30. The van der Waals surface area contributed by atoms with Gasteiger partial charge >= 0.3 is 5.97 Å². The van der Waals surface area contributed by atoms with E-state index in [1.54, 1.807) is 61.7 Å². The predicted molar refractivity (Wildman–Crippen MR) is 101 cm³/mol. The molecule has 0 atom stereocenters. The van der Waals surface area contributed by atoms with Crippen molar-refractivity contribution in [2.24, 2.45) is 4.99 Å². The number of amides is 1. The van der Waals surface area contributed by atoms with Crippen LogP contribution in [-0.2, 0) is 9.53 Å². The van der Waals surface area contributed by atoms with Crippen molar-refractivity contribution in [2.45, 2.75) is 0 Å². The monoisotopic (exact) mass is 368 g/mol. The van der Waals surface area contributed by atoms with Gasteiger partial charge in [-0.1, -0.05) is 18.2 Å². The van der Waals surface area contributed by atoms with E-state index in [0.717, 1.165) is 5.56 Å². The zero-order chi connectivity index (χ0) is 18.7. The van der Waals surface area contributed by atoms with Gasteiger partial charge in [0, 0.05) is 7.05 Å². The quantitative estimate of drug-likeness (QED) is 0.663. The van der Waals surface area contributed by atoms with Gasteiger partial charge in [0.25, 0.3) is 5.91 Å². The molecule has 1 saturated heterocycles. The highest BCUT2D eigenvalue weighted by atomic mass is 32.2. The summed E-state index contributed by atoms with van der Waals surface area (Å²) in [6.07, 6.45) is 1.75. The average Bonchev–Trinajstić information content (AvgIpc) is 2.91. The number of likely N-dealkylation sites (N-methyl/N-ethyl adjacent to an activating group) is 1. The van der Waals surface area contributed by atoms with Crippen molar-refractivity contribution in [1.29, 1.82) is 0 Å². The van der Waals surface area contributed by atoms with Crippen LogP contribution in [0.3, 0.4) is 0 Å². The Morgan fingerprint density at radius 2 is 1.96 bits per heavy atom. The number of benzene rings is 2. The van der Waals surface area contributed by atoms with Crippen LogP contribution in [-0.4, -0.2) is 41.2 Å². The molecule has 0 bridgehead atoms. The van der Waals surface area contributed by atoms with E-state index in [1.807, 2.05) is 0 Å². The molecule has 1 amide bonds. The number of carbonyl (C=O) groups excluding carboxylic acids is 2. The van der Waals surface area contributed by atoms with E-state index in [9.17, 15) is 14.7 Å². The number of nitrogens with zero attached hydrogens (tertiary/aromatic N) is 2. The summed E-state index contributed by atoms with van der Waals surface area (Å²) in [5.41, 5.74) is 1.76. The number of hydrogen-bond donors (Lipinski definition) is 1. The first-order chi connectivity index (χ1) is 12.5. The summed E-state index contributed by atoms with van der Waals surface area (Å²) in [4.78, 5) is 30.5. The second kappa shape index (κ2) is 7.45. The molecule has 2 aromatic carbocycles. The molecular weight excluding hydrogens is 352 g/mol. The lowest BCUT2D eigenvalue weighted by molar-refractivity contribution is -0.121. The Bertz CT molecular complexity index is 919. The summed E-state index contributed by atoms with van der Waals surface area (Å²) in [5.74, 6) is -0.433.